The standard InChI is InChI=1S/C32H30ClFN2O4/c1-39-29-13-7-5-11-25(29)20-35-32(38)28(19-23-9-3-2-4-10-23)36(21-24-15-17-26(34)18-16-24)31(37)22-40-30-14-8-6-12-27(30)33/h2-18,28H,19-22H2,1H3,(H,35,38)/t28-/m1/s1. The van der Waals surface area contributed by atoms with Crippen LogP contribution in [0.5, 0.6) is 11.5 Å². The molecule has 1 atom stereocenters. The van der Waals surface area contributed by atoms with Gasteiger partial charge in [-0.15, -0.1) is 0 Å². The molecule has 0 aliphatic heterocycles. The van der Waals surface area contributed by atoms with Gasteiger partial charge in [0.05, 0.1) is 12.1 Å². The van der Waals surface area contributed by atoms with Gasteiger partial charge in [-0.2, -0.15) is 0 Å². The number of hydrogen-bond donors (Lipinski definition) is 1. The van der Waals surface area contributed by atoms with Gasteiger partial charge in [0.2, 0.25) is 5.91 Å². The largest absolute Gasteiger partial charge is 0.496 e. The van der Waals surface area contributed by atoms with E-state index in [2.05, 4.69) is 5.32 Å². The molecule has 0 unspecified atom stereocenters. The number of carbonyl (C=O) groups excluding carboxylic acids is 2. The predicted molar refractivity (Wildman–Crippen MR) is 153 cm³/mol. The van der Waals surface area contributed by atoms with Crippen molar-refractivity contribution in [2.45, 2.75) is 25.6 Å². The molecule has 0 saturated heterocycles. The SMILES string of the molecule is COc1ccccc1CNC(=O)[C@@H](Cc1ccccc1)N(Cc1ccc(F)cc1)C(=O)COc1ccccc1Cl. The van der Waals surface area contributed by atoms with E-state index in [9.17, 15) is 14.0 Å². The molecule has 1 N–H and O–H groups in total. The molecule has 0 aliphatic carbocycles. The van der Waals surface area contributed by atoms with E-state index in [0.29, 0.717) is 22.1 Å². The lowest BCUT2D eigenvalue weighted by molar-refractivity contribution is -0.142. The second kappa shape index (κ2) is 14.1. The molecular weight excluding hydrogens is 531 g/mol. The van der Waals surface area contributed by atoms with E-state index >= 15 is 0 Å². The quantitative estimate of drug-likeness (QED) is 0.237. The van der Waals surface area contributed by atoms with Crippen molar-refractivity contribution in [1.82, 2.24) is 10.2 Å². The minimum Gasteiger partial charge on any atom is -0.496 e. The van der Waals surface area contributed by atoms with Crippen LogP contribution in [0.1, 0.15) is 16.7 Å². The minimum atomic E-state index is -0.885. The lowest BCUT2D eigenvalue weighted by Crippen LogP contribution is -2.51. The number of nitrogens with one attached hydrogen (secondary N) is 1. The maximum atomic E-state index is 13.8. The molecule has 40 heavy (non-hydrogen) atoms. The van der Waals surface area contributed by atoms with E-state index in [1.807, 2.05) is 54.6 Å². The third kappa shape index (κ3) is 7.83. The monoisotopic (exact) mass is 560 g/mol. The summed E-state index contributed by atoms with van der Waals surface area (Å²) >= 11 is 6.22. The minimum absolute atomic E-state index is 0.0740. The smallest absolute Gasteiger partial charge is 0.261 e. The highest BCUT2D eigenvalue weighted by Crippen LogP contribution is 2.24. The van der Waals surface area contributed by atoms with Crippen LogP contribution in [0.25, 0.3) is 0 Å². The molecule has 0 saturated carbocycles. The third-order valence-electron chi connectivity index (χ3n) is 6.37. The number of hydrogen-bond acceptors (Lipinski definition) is 4. The summed E-state index contributed by atoms with van der Waals surface area (Å²) in [4.78, 5) is 28.9. The van der Waals surface area contributed by atoms with Crippen LogP contribution in [0.15, 0.2) is 103 Å². The van der Waals surface area contributed by atoms with E-state index < -0.39 is 11.9 Å². The van der Waals surface area contributed by atoms with Crippen LogP contribution in [-0.4, -0.2) is 36.5 Å². The first-order valence-corrected chi connectivity index (χ1v) is 13.2. The van der Waals surface area contributed by atoms with E-state index in [1.165, 1.54) is 17.0 Å². The van der Waals surface area contributed by atoms with E-state index in [-0.39, 0.29) is 37.8 Å². The van der Waals surface area contributed by atoms with Gasteiger partial charge in [-0.1, -0.05) is 84.4 Å². The Labute approximate surface area is 238 Å². The third-order valence-corrected chi connectivity index (χ3v) is 6.68. The molecule has 0 spiro atoms. The summed E-state index contributed by atoms with van der Waals surface area (Å²) in [7, 11) is 1.57. The lowest BCUT2D eigenvalue weighted by atomic mass is 10.0. The normalized spacial score (nSPS) is 11.4. The van der Waals surface area contributed by atoms with Gasteiger partial charge in [-0.25, -0.2) is 4.39 Å². The van der Waals surface area contributed by atoms with Crippen molar-refractivity contribution in [3.05, 3.63) is 131 Å². The zero-order chi connectivity index (χ0) is 28.3. The van der Waals surface area contributed by atoms with Crippen LogP contribution in [0, 0.1) is 5.82 Å². The Hall–Kier alpha value is -4.36. The second-order valence-electron chi connectivity index (χ2n) is 9.10. The summed E-state index contributed by atoms with van der Waals surface area (Å²) < 4.78 is 24.8. The van der Waals surface area contributed by atoms with Gasteiger partial charge in [0, 0.05) is 25.1 Å². The fourth-order valence-corrected chi connectivity index (χ4v) is 4.46. The van der Waals surface area contributed by atoms with Gasteiger partial charge >= 0.3 is 0 Å². The molecule has 2 amide bonds. The van der Waals surface area contributed by atoms with Gasteiger partial charge in [0.25, 0.3) is 5.91 Å². The number of nitrogens with zero attached hydrogens (tertiary/aromatic N) is 1. The van der Waals surface area contributed by atoms with E-state index in [4.69, 9.17) is 21.1 Å². The molecule has 8 heteroatoms. The summed E-state index contributed by atoms with van der Waals surface area (Å²) in [6, 6.07) is 28.7. The Morgan fingerprint density at radius 2 is 1.50 bits per heavy atom. The van der Waals surface area contributed by atoms with E-state index in [1.54, 1.807) is 43.5 Å². The van der Waals surface area contributed by atoms with Crippen LogP contribution in [0.4, 0.5) is 4.39 Å². The van der Waals surface area contributed by atoms with Crippen molar-refractivity contribution in [2.75, 3.05) is 13.7 Å². The molecule has 0 fully saturated rings. The Balaban J connectivity index is 1.63. The fraction of sp³-hybridized carbons (Fsp3) is 0.188. The summed E-state index contributed by atoms with van der Waals surface area (Å²) in [6.07, 6.45) is 0.262. The highest BCUT2D eigenvalue weighted by atomic mass is 35.5. The summed E-state index contributed by atoms with van der Waals surface area (Å²) in [6.45, 7) is -0.0522. The average molecular weight is 561 g/mol. The molecule has 4 rings (SSSR count). The van der Waals surface area contributed by atoms with Gasteiger partial charge < -0.3 is 19.7 Å². The number of methoxy groups -OCH3 is 1. The van der Waals surface area contributed by atoms with Gasteiger partial charge in [0.15, 0.2) is 6.61 Å². The van der Waals surface area contributed by atoms with Crippen LogP contribution in [-0.2, 0) is 29.1 Å². The highest BCUT2D eigenvalue weighted by molar-refractivity contribution is 6.32. The second-order valence-corrected chi connectivity index (χ2v) is 9.51. The van der Waals surface area contributed by atoms with Crippen molar-refractivity contribution in [3.63, 3.8) is 0 Å². The van der Waals surface area contributed by atoms with Crippen molar-refractivity contribution >= 4 is 23.4 Å². The topological polar surface area (TPSA) is 67.9 Å². The van der Waals surface area contributed by atoms with Gasteiger partial charge in [0.1, 0.15) is 23.4 Å². The Bertz CT molecular complexity index is 1420. The number of amides is 2. The number of carbonyl (C=O) groups is 2. The van der Waals surface area contributed by atoms with Crippen molar-refractivity contribution < 1.29 is 23.5 Å². The summed E-state index contributed by atoms with van der Waals surface area (Å²) in [5, 5.41) is 3.34. The number of para-hydroxylation sites is 2. The first-order valence-electron chi connectivity index (χ1n) is 12.8. The predicted octanol–water partition coefficient (Wildman–Crippen LogP) is 5.82. The lowest BCUT2D eigenvalue weighted by Gasteiger charge is -2.31. The van der Waals surface area contributed by atoms with Crippen LogP contribution < -0.4 is 14.8 Å². The molecule has 0 heterocycles. The maximum Gasteiger partial charge on any atom is 0.261 e. The van der Waals surface area contributed by atoms with Crippen molar-refractivity contribution in [2.24, 2.45) is 0 Å². The maximum absolute atomic E-state index is 13.8. The van der Waals surface area contributed by atoms with Gasteiger partial charge in [-0.3, -0.25) is 9.59 Å². The molecule has 206 valence electrons. The van der Waals surface area contributed by atoms with Crippen molar-refractivity contribution in [3.8, 4) is 11.5 Å². The fourth-order valence-electron chi connectivity index (χ4n) is 4.27. The molecule has 0 bridgehead atoms. The van der Waals surface area contributed by atoms with Crippen molar-refractivity contribution in [1.29, 1.82) is 0 Å². The molecule has 6 nitrogen and oxygen atoms in total. The molecule has 0 aliphatic rings. The molecule has 4 aromatic rings. The number of benzene rings is 4. The Kier molecular flexibility index (Phi) is 10.1. The van der Waals surface area contributed by atoms with Crippen LogP contribution in [0.2, 0.25) is 5.02 Å². The molecular formula is C32H30ClFN2O4. The molecule has 4 aromatic carbocycles. The zero-order valence-electron chi connectivity index (χ0n) is 22.1. The highest BCUT2D eigenvalue weighted by Gasteiger charge is 2.31. The number of ether oxygens (including phenoxy) is 2. The number of halogens is 2. The Morgan fingerprint density at radius 1 is 0.850 bits per heavy atom. The van der Waals surface area contributed by atoms with Gasteiger partial charge in [-0.05, 0) is 41.5 Å². The molecule has 0 aromatic heterocycles. The van der Waals surface area contributed by atoms with Crippen LogP contribution >= 0.6 is 11.6 Å². The number of rotatable bonds is 12. The molecule has 0 radical (unpaired) electrons. The van der Waals surface area contributed by atoms with E-state index in [0.717, 1.165) is 11.1 Å². The summed E-state index contributed by atoms with van der Waals surface area (Å²) in [5.41, 5.74) is 2.35. The van der Waals surface area contributed by atoms with Crippen LogP contribution in [0.3, 0.4) is 0 Å². The first kappa shape index (κ1) is 28.6. The first-order chi connectivity index (χ1) is 19.4. The zero-order valence-corrected chi connectivity index (χ0v) is 22.8. The average Bonchev–Trinajstić information content (AvgIpc) is 2.98. The Morgan fingerprint density at radius 3 is 2.20 bits per heavy atom. The summed E-state index contributed by atoms with van der Waals surface area (Å²) in [5.74, 6) is -0.145.